The Morgan fingerprint density at radius 2 is 1.55 bits per heavy atom. The lowest BCUT2D eigenvalue weighted by atomic mass is 9.88. The molecule has 0 amide bonds. The number of nitrogens with zero attached hydrogens (tertiary/aromatic N) is 2. The summed E-state index contributed by atoms with van der Waals surface area (Å²) in [7, 11) is 0. The second-order valence-electron chi connectivity index (χ2n) is 8.89. The minimum atomic E-state index is -0.749. The number of imidazole rings is 1. The molecular formula is C30H22N2O. The fourth-order valence-electron chi connectivity index (χ4n) is 5.53. The van der Waals surface area contributed by atoms with Crippen LogP contribution in [0, 0.1) is 0 Å². The van der Waals surface area contributed by atoms with Crippen LogP contribution < -0.4 is 0 Å². The number of hydrogen-bond donors (Lipinski definition) is 1. The molecule has 3 nitrogen and oxygen atoms in total. The van der Waals surface area contributed by atoms with Gasteiger partial charge in [-0.25, -0.2) is 4.98 Å². The van der Waals surface area contributed by atoms with Crippen molar-refractivity contribution in [1.82, 2.24) is 9.55 Å². The van der Waals surface area contributed by atoms with Crippen LogP contribution in [0.15, 0.2) is 97.1 Å². The smallest absolute Gasteiger partial charge is 0.159 e. The van der Waals surface area contributed by atoms with Gasteiger partial charge in [0.15, 0.2) is 6.23 Å². The maximum absolute atomic E-state index is 11.6. The molecule has 5 aromatic rings. The summed E-state index contributed by atoms with van der Waals surface area (Å²) in [4.78, 5) is 5.01. The first-order valence-electron chi connectivity index (χ1n) is 11.4. The van der Waals surface area contributed by atoms with Gasteiger partial charge in [-0.3, -0.25) is 4.57 Å². The van der Waals surface area contributed by atoms with Crippen LogP contribution in [0.4, 0.5) is 0 Å². The lowest BCUT2D eigenvalue weighted by molar-refractivity contribution is 0.144. The lowest BCUT2D eigenvalue weighted by Crippen LogP contribution is -2.20. The normalized spacial score (nSPS) is 18.2. The van der Waals surface area contributed by atoms with Crippen molar-refractivity contribution in [2.75, 3.05) is 0 Å². The zero-order valence-electron chi connectivity index (χ0n) is 18.0. The molecule has 1 aliphatic heterocycles. The van der Waals surface area contributed by atoms with Gasteiger partial charge >= 0.3 is 0 Å². The molecule has 2 atom stereocenters. The van der Waals surface area contributed by atoms with Gasteiger partial charge in [0, 0.05) is 34.5 Å². The zero-order valence-corrected chi connectivity index (χ0v) is 18.0. The van der Waals surface area contributed by atoms with Gasteiger partial charge in [-0.05, 0) is 34.2 Å². The molecule has 1 aliphatic carbocycles. The summed E-state index contributed by atoms with van der Waals surface area (Å²) in [6.07, 6.45) is 4.44. The molecule has 2 heterocycles. The van der Waals surface area contributed by atoms with Crippen LogP contribution >= 0.6 is 0 Å². The molecule has 0 bridgehead atoms. The van der Waals surface area contributed by atoms with Crippen LogP contribution in [0.2, 0.25) is 0 Å². The Bertz CT molecular complexity index is 1550. The third kappa shape index (κ3) is 2.69. The minimum absolute atomic E-state index is 0.282. The highest BCUT2D eigenvalue weighted by molar-refractivity contribution is 6.07. The summed E-state index contributed by atoms with van der Waals surface area (Å²) < 4.78 is 2.05. The summed E-state index contributed by atoms with van der Waals surface area (Å²) in [6, 6.07) is 31.6. The van der Waals surface area contributed by atoms with Crippen molar-refractivity contribution in [2.45, 2.75) is 18.6 Å². The van der Waals surface area contributed by atoms with E-state index in [4.69, 9.17) is 4.98 Å². The predicted octanol–water partition coefficient (Wildman–Crippen LogP) is 6.58. The van der Waals surface area contributed by atoms with Crippen molar-refractivity contribution < 1.29 is 5.11 Å². The molecule has 0 spiro atoms. The Morgan fingerprint density at radius 1 is 0.788 bits per heavy atom. The summed E-state index contributed by atoms with van der Waals surface area (Å²) in [6.45, 7) is 0. The van der Waals surface area contributed by atoms with E-state index in [-0.39, 0.29) is 5.92 Å². The van der Waals surface area contributed by atoms with Crippen molar-refractivity contribution in [1.29, 1.82) is 0 Å². The van der Waals surface area contributed by atoms with Crippen molar-refractivity contribution in [3.8, 4) is 22.5 Å². The van der Waals surface area contributed by atoms with E-state index < -0.39 is 6.23 Å². The SMILES string of the molecule is OC1c2cccc3c(-c4ccccc4)ccc(c23)-c2nc3c(n21)CC(c1ccccc1)C=C3. The molecule has 3 heteroatoms. The molecule has 7 rings (SSSR count). The Balaban J connectivity index is 1.43. The van der Waals surface area contributed by atoms with Crippen LogP contribution in [0.1, 0.15) is 34.7 Å². The predicted molar refractivity (Wildman–Crippen MR) is 133 cm³/mol. The first-order chi connectivity index (χ1) is 16.3. The van der Waals surface area contributed by atoms with Crippen molar-refractivity contribution in [2.24, 2.45) is 0 Å². The summed E-state index contributed by atoms with van der Waals surface area (Å²) in [5.41, 5.74) is 7.74. The molecule has 1 N–H and O–H groups in total. The van der Waals surface area contributed by atoms with Gasteiger partial charge in [-0.1, -0.05) is 91.0 Å². The number of aliphatic hydroxyl groups is 1. The number of aliphatic hydroxyl groups excluding tert-OH is 1. The number of benzene rings is 4. The van der Waals surface area contributed by atoms with E-state index in [0.29, 0.717) is 0 Å². The fourth-order valence-corrected chi connectivity index (χ4v) is 5.53. The van der Waals surface area contributed by atoms with Crippen LogP contribution in [-0.4, -0.2) is 14.7 Å². The summed E-state index contributed by atoms with van der Waals surface area (Å²) >= 11 is 0. The summed E-state index contributed by atoms with van der Waals surface area (Å²) in [5, 5.41) is 13.8. The van der Waals surface area contributed by atoms with Gasteiger partial charge in [0.05, 0.1) is 5.69 Å². The second kappa shape index (κ2) is 7.03. The van der Waals surface area contributed by atoms with E-state index >= 15 is 0 Å². The van der Waals surface area contributed by atoms with Gasteiger partial charge < -0.3 is 5.11 Å². The first kappa shape index (κ1) is 18.6. The second-order valence-corrected chi connectivity index (χ2v) is 8.89. The first-order valence-corrected chi connectivity index (χ1v) is 11.4. The van der Waals surface area contributed by atoms with E-state index in [2.05, 4.69) is 84.9 Å². The highest BCUT2D eigenvalue weighted by atomic mass is 16.3. The highest BCUT2D eigenvalue weighted by Gasteiger charge is 2.32. The van der Waals surface area contributed by atoms with Crippen LogP contribution in [0.5, 0.6) is 0 Å². The zero-order chi connectivity index (χ0) is 21.9. The monoisotopic (exact) mass is 426 g/mol. The number of rotatable bonds is 2. The van der Waals surface area contributed by atoms with E-state index in [0.717, 1.165) is 45.5 Å². The number of hydrogen-bond acceptors (Lipinski definition) is 2. The molecule has 0 saturated heterocycles. The quantitative estimate of drug-likeness (QED) is 0.346. The minimum Gasteiger partial charge on any atom is -0.369 e. The molecule has 33 heavy (non-hydrogen) atoms. The Hall–Kier alpha value is -3.95. The Labute approximate surface area is 192 Å². The van der Waals surface area contributed by atoms with Gasteiger partial charge in [0.2, 0.25) is 0 Å². The topological polar surface area (TPSA) is 38.1 Å². The van der Waals surface area contributed by atoms with Crippen molar-refractivity contribution in [3.63, 3.8) is 0 Å². The van der Waals surface area contributed by atoms with Crippen molar-refractivity contribution >= 4 is 16.8 Å². The molecule has 1 aromatic heterocycles. The third-order valence-corrected chi connectivity index (χ3v) is 7.09. The maximum atomic E-state index is 11.6. The highest BCUT2D eigenvalue weighted by Crippen LogP contribution is 2.45. The summed E-state index contributed by atoms with van der Waals surface area (Å²) in [5.74, 6) is 1.14. The van der Waals surface area contributed by atoms with E-state index in [9.17, 15) is 5.11 Å². The molecule has 0 saturated carbocycles. The average molecular weight is 427 g/mol. The van der Waals surface area contributed by atoms with Crippen LogP contribution in [-0.2, 0) is 6.42 Å². The van der Waals surface area contributed by atoms with Crippen LogP contribution in [0.25, 0.3) is 39.4 Å². The van der Waals surface area contributed by atoms with Gasteiger partial charge in [0.25, 0.3) is 0 Å². The fraction of sp³-hybridized carbons (Fsp3) is 0.100. The van der Waals surface area contributed by atoms with Gasteiger partial charge in [-0.15, -0.1) is 0 Å². The van der Waals surface area contributed by atoms with Crippen LogP contribution in [0.3, 0.4) is 0 Å². The van der Waals surface area contributed by atoms with E-state index in [1.807, 2.05) is 22.8 Å². The molecule has 0 radical (unpaired) electrons. The largest absolute Gasteiger partial charge is 0.369 e. The standard InChI is InChI=1S/C30H22N2O/c33-30-25-13-7-12-23-22(20-10-5-2-6-11-20)15-16-24(28(23)25)29-31-26-17-14-21(18-27(26)32(29)30)19-8-3-1-4-9-19/h1-17,21,30,33H,18H2. The molecule has 2 unspecified atom stereocenters. The van der Waals surface area contributed by atoms with Gasteiger partial charge in [-0.2, -0.15) is 0 Å². The van der Waals surface area contributed by atoms with Crippen molar-refractivity contribution in [3.05, 3.63) is 120 Å². The number of aromatic nitrogens is 2. The molecule has 0 fully saturated rings. The molecule has 2 aliphatic rings. The van der Waals surface area contributed by atoms with E-state index in [1.165, 1.54) is 16.7 Å². The maximum Gasteiger partial charge on any atom is 0.159 e. The van der Waals surface area contributed by atoms with E-state index in [1.54, 1.807) is 0 Å². The molecule has 4 aromatic carbocycles. The number of fused-ring (bicyclic) bond motifs is 4. The molecule has 158 valence electrons. The number of allylic oxidation sites excluding steroid dienone is 1. The molecular weight excluding hydrogens is 404 g/mol. The Morgan fingerprint density at radius 3 is 2.36 bits per heavy atom. The Kier molecular flexibility index (Phi) is 3.96. The average Bonchev–Trinajstić information content (AvgIpc) is 3.27. The third-order valence-electron chi connectivity index (χ3n) is 7.09. The van der Waals surface area contributed by atoms with Gasteiger partial charge in [0.1, 0.15) is 5.82 Å². The lowest BCUT2D eigenvalue weighted by Gasteiger charge is -2.28.